The SMILES string of the molecule is CCn1cnc(CNc2nc(CC(C)C)nc3c2CCNC3=O)c1. The molecule has 3 heterocycles. The molecule has 0 fully saturated rings. The van der Waals surface area contributed by atoms with E-state index in [-0.39, 0.29) is 5.91 Å². The minimum absolute atomic E-state index is 0.109. The summed E-state index contributed by atoms with van der Waals surface area (Å²) in [5, 5.41) is 6.21. The molecule has 0 aromatic carbocycles. The molecule has 0 unspecified atom stereocenters. The number of carbonyl (C=O) groups is 1. The van der Waals surface area contributed by atoms with Gasteiger partial charge in [-0.05, 0) is 19.3 Å². The second-order valence-electron chi connectivity index (χ2n) is 6.47. The highest BCUT2D eigenvalue weighted by Crippen LogP contribution is 2.22. The average Bonchev–Trinajstić information content (AvgIpc) is 3.01. The monoisotopic (exact) mass is 328 g/mol. The Hall–Kier alpha value is -2.44. The topological polar surface area (TPSA) is 84.7 Å². The Bertz CT molecular complexity index is 737. The van der Waals surface area contributed by atoms with Crippen molar-refractivity contribution in [2.45, 2.75) is 46.7 Å². The molecule has 128 valence electrons. The van der Waals surface area contributed by atoms with Gasteiger partial charge >= 0.3 is 0 Å². The number of fused-ring (bicyclic) bond motifs is 1. The first-order valence-electron chi connectivity index (χ1n) is 8.49. The van der Waals surface area contributed by atoms with E-state index in [0.29, 0.717) is 30.5 Å². The molecule has 1 aliphatic heterocycles. The summed E-state index contributed by atoms with van der Waals surface area (Å²) >= 11 is 0. The number of hydrogen-bond donors (Lipinski definition) is 2. The van der Waals surface area contributed by atoms with Crippen molar-refractivity contribution < 1.29 is 4.79 Å². The number of imidazole rings is 1. The van der Waals surface area contributed by atoms with Gasteiger partial charge in [-0.15, -0.1) is 0 Å². The normalized spacial score (nSPS) is 13.8. The van der Waals surface area contributed by atoms with Gasteiger partial charge in [0.25, 0.3) is 5.91 Å². The van der Waals surface area contributed by atoms with Crippen molar-refractivity contribution >= 4 is 11.7 Å². The molecule has 0 saturated carbocycles. The molecule has 2 N–H and O–H groups in total. The van der Waals surface area contributed by atoms with Crippen molar-refractivity contribution in [1.29, 1.82) is 0 Å². The third-order valence-corrected chi connectivity index (χ3v) is 4.01. The van der Waals surface area contributed by atoms with E-state index in [4.69, 9.17) is 0 Å². The molecule has 2 aromatic rings. The Morgan fingerprint density at radius 3 is 2.92 bits per heavy atom. The van der Waals surface area contributed by atoms with Gasteiger partial charge in [0.05, 0.1) is 18.6 Å². The predicted octanol–water partition coefficient (Wildman–Crippen LogP) is 1.79. The van der Waals surface area contributed by atoms with Gasteiger partial charge < -0.3 is 15.2 Å². The van der Waals surface area contributed by atoms with Crippen LogP contribution in [0.2, 0.25) is 0 Å². The quantitative estimate of drug-likeness (QED) is 0.844. The molecular formula is C17H24N6O. The summed E-state index contributed by atoms with van der Waals surface area (Å²) in [5.74, 6) is 1.80. The maximum absolute atomic E-state index is 12.1. The number of rotatable bonds is 6. The highest BCUT2D eigenvalue weighted by atomic mass is 16.1. The first-order valence-corrected chi connectivity index (χ1v) is 8.49. The van der Waals surface area contributed by atoms with E-state index < -0.39 is 0 Å². The molecule has 24 heavy (non-hydrogen) atoms. The Morgan fingerprint density at radius 2 is 2.21 bits per heavy atom. The van der Waals surface area contributed by atoms with Gasteiger partial charge in [-0.3, -0.25) is 4.79 Å². The van der Waals surface area contributed by atoms with Gasteiger partial charge in [-0.25, -0.2) is 15.0 Å². The van der Waals surface area contributed by atoms with Crippen LogP contribution < -0.4 is 10.6 Å². The molecule has 0 radical (unpaired) electrons. The van der Waals surface area contributed by atoms with E-state index >= 15 is 0 Å². The van der Waals surface area contributed by atoms with E-state index in [1.165, 1.54) is 0 Å². The fourth-order valence-corrected chi connectivity index (χ4v) is 2.79. The Labute approximate surface area is 141 Å². The van der Waals surface area contributed by atoms with Crippen molar-refractivity contribution in [3.05, 3.63) is 35.3 Å². The summed E-state index contributed by atoms with van der Waals surface area (Å²) in [7, 11) is 0. The molecular weight excluding hydrogens is 304 g/mol. The molecule has 3 rings (SSSR count). The number of nitrogens with zero attached hydrogens (tertiary/aromatic N) is 4. The van der Waals surface area contributed by atoms with Gasteiger partial charge in [0.2, 0.25) is 0 Å². The van der Waals surface area contributed by atoms with Gasteiger partial charge in [0.1, 0.15) is 17.3 Å². The number of aromatic nitrogens is 4. The second-order valence-corrected chi connectivity index (χ2v) is 6.47. The molecule has 0 aliphatic carbocycles. The van der Waals surface area contributed by atoms with Crippen LogP contribution in [0.1, 0.15) is 48.3 Å². The zero-order valence-corrected chi connectivity index (χ0v) is 14.5. The first kappa shape index (κ1) is 16.4. The highest BCUT2D eigenvalue weighted by molar-refractivity contribution is 5.95. The summed E-state index contributed by atoms with van der Waals surface area (Å²) in [4.78, 5) is 25.7. The van der Waals surface area contributed by atoms with Crippen LogP contribution in [0.5, 0.6) is 0 Å². The van der Waals surface area contributed by atoms with Crippen molar-refractivity contribution in [1.82, 2.24) is 24.8 Å². The first-order chi connectivity index (χ1) is 11.6. The summed E-state index contributed by atoms with van der Waals surface area (Å²) < 4.78 is 2.03. The average molecular weight is 328 g/mol. The molecule has 2 aromatic heterocycles. The maximum atomic E-state index is 12.1. The zero-order valence-electron chi connectivity index (χ0n) is 14.5. The van der Waals surface area contributed by atoms with E-state index in [1.54, 1.807) is 0 Å². The van der Waals surface area contributed by atoms with Crippen LogP contribution in [-0.4, -0.2) is 32.0 Å². The van der Waals surface area contributed by atoms with Gasteiger partial charge in [-0.1, -0.05) is 13.8 Å². The van der Waals surface area contributed by atoms with Crippen molar-refractivity contribution in [3.8, 4) is 0 Å². The third kappa shape index (κ3) is 3.55. The number of carbonyl (C=O) groups excluding carboxylic acids is 1. The lowest BCUT2D eigenvalue weighted by Crippen LogP contribution is -2.34. The standard InChI is InChI=1S/C17H24N6O/c1-4-23-9-12(20-10-23)8-19-16-13-5-6-18-17(24)15(13)21-14(22-16)7-11(2)3/h9-11H,4-8H2,1-3H3,(H,18,24)(H,19,21,22). The second kappa shape index (κ2) is 6.98. The summed E-state index contributed by atoms with van der Waals surface area (Å²) in [5.41, 5.74) is 2.37. The van der Waals surface area contributed by atoms with Crippen LogP contribution in [0.4, 0.5) is 5.82 Å². The van der Waals surface area contributed by atoms with Crippen molar-refractivity contribution in [2.24, 2.45) is 5.92 Å². The number of hydrogen-bond acceptors (Lipinski definition) is 5. The maximum Gasteiger partial charge on any atom is 0.270 e. The molecule has 7 nitrogen and oxygen atoms in total. The minimum Gasteiger partial charge on any atom is -0.364 e. The van der Waals surface area contributed by atoms with E-state index in [2.05, 4.69) is 46.4 Å². The smallest absolute Gasteiger partial charge is 0.270 e. The number of nitrogens with one attached hydrogen (secondary N) is 2. The summed E-state index contributed by atoms with van der Waals surface area (Å²) in [6, 6.07) is 0. The Kier molecular flexibility index (Phi) is 4.78. The molecule has 0 saturated heterocycles. The molecule has 1 aliphatic rings. The van der Waals surface area contributed by atoms with Crippen LogP contribution in [0.25, 0.3) is 0 Å². The van der Waals surface area contributed by atoms with Gasteiger partial charge in [0.15, 0.2) is 0 Å². The van der Waals surface area contributed by atoms with Crippen LogP contribution in [-0.2, 0) is 25.9 Å². The lowest BCUT2D eigenvalue weighted by atomic mass is 10.0. The molecule has 0 spiro atoms. The summed E-state index contributed by atoms with van der Waals surface area (Å²) in [6.45, 7) is 8.42. The molecule has 7 heteroatoms. The third-order valence-electron chi connectivity index (χ3n) is 4.01. The van der Waals surface area contributed by atoms with E-state index in [0.717, 1.165) is 36.5 Å². The number of aryl methyl sites for hydroxylation is 1. The largest absolute Gasteiger partial charge is 0.364 e. The summed E-state index contributed by atoms with van der Waals surface area (Å²) in [6.07, 6.45) is 5.33. The van der Waals surface area contributed by atoms with Crippen molar-refractivity contribution in [3.63, 3.8) is 0 Å². The lowest BCUT2D eigenvalue weighted by Gasteiger charge is -2.20. The molecule has 0 atom stereocenters. The van der Waals surface area contributed by atoms with Gasteiger partial charge in [-0.2, -0.15) is 0 Å². The van der Waals surface area contributed by atoms with E-state index in [9.17, 15) is 4.79 Å². The number of anilines is 1. The fourth-order valence-electron chi connectivity index (χ4n) is 2.79. The van der Waals surface area contributed by atoms with Crippen LogP contribution in [0.3, 0.4) is 0 Å². The predicted molar refractivity (Wildman–Crippen MR) is 91.8 cm³/mol. The molecule has 1 amide bonds. The lowest BCUT2D eigenvalue weighted by molar-refractivity contribution is 0.0940. The Morgan fingerprint density at radius 1 is 1.38 bits per heavy atom. The van der Waals surface area contributed by atoms with Crippen molar-refractivity contribution in [2.75, 3.05) is 11.9 Å². The van der Waals surface area contributed by atoms with Crippen LogP contribution >= 0.6 is 0 Å². The minimum atomic E-state index is -0.109. The van der Waals surface area contributed by atoms with Crippen LogP contribution in [0.15, 0.2) is 12.5 Å². The Balaban J connectivity index is 1.86. The van der Waals surface area contributed by atoms with E-state index in [1.807, 2.05) is 17.1 Å². The zero-order chi connectivity index (χ0) is 17.1. The highest BCUT2D eigenvalue weighted by Gasteiger charge is 2.23. The number of amides is 1. The fraction of sp³-hybridized carbons (Fsp3) is 0.529. The van der Waals surface area contributed by atoms with Gasteiger partial charge in [0, 0.05) is 31.3 Å². The van der Waals surface area contributed by atoms with Crippen LogP contribution in [0, 0.1) is 5.92 Å². The molecule has 0 bridgehead atoms.